The number of pyridine rings is 1. The highest BCUT2D eigenvalue weighted by atomic mass is 16.5. The fourth-order valence-electron chi connectivity index (χ4n) is 4.28. The number of unbranched alkanes of at least 4 members (excludes halogenated alkanes) is 1. The van der Waals surface area contributed by atoms with Crippen LogP contribution in [0.1, 0.15) is 44.2 Å². The van der Waals surface area contributed by atoms with Gasteiger partial charge in [-0.25, -0.2) is 0 Å². The number of rotatable bonds is 9. The van der Waals surface area contributed by atoms with Crippen molar-refractivity contribution in [1.82, 2.24) is 19.8 Å². The number of morpholine rings is 1. The van der Waals surface area contributed by atoms with E-state index < -0.39 is 6.10 Å². The molecule has 0 aromatic carbocycles. The quantitative estimate of drug-likeness (QED) is 0.610. The Bertz CT molecular complexity index is 873. The van der Waals surface area contributed by atoms with Crippen molar-refractivity contribution in [3.8, 4) is 5.75 Å². The molecule has 3 heterocycles. The number of ether oxygens (including phenoxy) is 2. The molecule has 1 aliphatic carbocycles. The van der Waals surface area contributed by atoms with Crippen molar-refractivity contribution in [3.05, 3.63) is 24.0 Å². The molecule has 1 saturated carbocycles. The summed E-state index contributed by atoms with van der Waals surface area (Å²) in [4.78, 5) is 19.8. The summed E-state index contributed by atoms with van der Waals surface area (Å²) in [7, 11) is 1.71. The third kappa shape index (κ3) is 4.45. The molecule has 0 radical (unpaired) electrons. The number of amides is 1. The third-order valence-electron chi connectivity index (χ3n) is 5.99. The fourth-order valence-corrected chi connectivity index (χ4v) is 4.28. The zero-order chi connectivity index (χ0) is 21.1. The number of nitrogens with one attached hydrogen (secondary N) is 1. The first kappa shape index (κ1) is 21.1. The Hall–Kier alpha value is -2.16. The van der Waals surface area contributed by atoms with Crippen LogP contribution < -0.4 is 5.32 Å². The van der Waals surface area contributed by atoms with Crippen LogP contribution in [0.3, 0.4) is 0 Å². The Balaban J connectivity index is 1.62. The van der Waals surface area contributed by atoms with E-state index in [1.165, 1.54) is 6.20 Å². The van der Waals surface area contributed by atoms with E-state index >= 15 is 0 Å². The summed E-state index contributed by atoms with van der Waals surface area (Å²) in [6.07, 6.45) is 7.13. The van der Waals surface area contributed by atoms with Crippen LogP contribution in [-0.2, 0) is 20.8 Å². The molecule has 8 heteroatoms. The van der Waals surface area contributed by atoms with Crippen molar-refractivity contribution in [1.29, 1.82) is 0 Å². The first-order valence-electron chi connectivity index (χ1n) is 10.9. The van der Waals surface area contributed by atoms with E-state index in [2.05, 4.69) is 28.0 Å². The summed E-state index contributed by atoms with van der Waals surface area (Å²) < 4.78 is 13.0. The Morgan fingerprint density at radius 3 is 3.00 bits per heavy atom. The molecular formula is C22H32N4O4. The van der Waals surface area contributed by atoms with Crippen LogP contribution in [0, 0.1) is 0 Å². The smallest absolute Gasteiger partial charge is 0.253 e. The number of carbonyl (C=O) groups excluding carboxylic acids is 1. The van der Waals surface area contributed by atoms with Crippen LogP contribution in [0.5, 0.6) is 5.75 Å². The van der Waals surface area contributed by atoms with Gasteiger partial charge in [-0.1, -0.05) is 0 Å². The summed E-state index contributed by atoms with van der Waals surface area (Å²) >= 11 is 0. The first-order valence-corrected chi connectivity index (χ1v) is 10.9. The highest BCUT2D eigenvalue weighted by molar-refractivity contribution is 5.85. The second-order valence-corrected chi connectivity index (χ2v) is 8.26. The van der Waals surface area contributed by atoms with Crippen molar-refractivity contribution in [2.45, 2.75) is 57.3 Å². The van der Waals surface area contributed by atoms with Crippen molar-refractivity contribution in [3.63, 3.8) is 0 Å². The monoisotopic (exact) mass is 416 g/mol. The van der Waals surface area contributed by atoms with E-state index in [0.29, 0.717) is 13.2 Å². The largest absolute Gasteiger partial charge is 0.506 e. The van der Waals surface area contributed by atoms with E-state index in [1.54, 1.807) is 13.2 Å². The summed E-state index contributed by atoms with van der Waals surface area (Å²) in [5.74, 6) is 0.201. The zero-order valence-electron chi connectivity index (χ0n) is 17.8. The van der Waals surface area contributed by atoms with Gasteiger partial charge >= 0.3 is 0 Å². The van der Waals surface area contributed by atoms with Crippen molar-refractivity contribution in [2.75, 3.05) is 33.4 Å². The van der Waals surface area contributed by atoms with E-state index in [4.69, 9.17) is 9.47 Å². The first-order chi connectivity index (χ1) is 14.6. The topological polar surface area (TPSA) is 88.9 Å². The molecule has 2 N–H and O–H groups in total. The number of hydrogen-bond acceptors (Lipinski definition) is 6. The maximum atomic E-state index is 13.3. The SMILES string of the molecule is COCCCCn1cc([C@@H](C)N(C(=O)[C@H]2CNCCO2)C2CC2)c2ncc(O)cc21. The van der Waals surface area contributed by atoms with Gasteiger partial charge in [-0.3, -0.25) is 9.78 Å². The fraction of sp³-hybridized carbons (Fsp3) is 0.636. The Labute approximate surface area is 177 Å². The lowest BCUT2D eigenvalue weighted by Gasteiger charge is -2.34. The van der Waals surface area contributed by atoms with Gasteiger partial charge in [-0.05, 0) is 32.6 Å². The predicted octanol–water partition coefficient (Wildman–Crippen LogP) is 2.21. The molecule has 2 aromatic rings. The molecule has 30 heavy (non-hydrogen) atoms. The van der Waals surface area contributed by atoms with Gasteiger partial charge in [-0.15, -0.1) is 0 Å². The lowest BCUT2D eigenvalue weighted by molar-refractivity contribution is -0.148. The van der Waals surface area contributed by atoms with Gasteiger partial charge < -0.3 is 29.4 Å². The molecule has 0 spiro atoms. The van der Waals surface area contributed by atoms with Gasteiger partial charge in [0.15, 0.2) is 0 Å². The number of fused-ring (bicyclic) bond motifs is 1. The molecule has 0 unspecified atom stereocenters. The Kier molecular flexibility index (Phi) is 6.55. The maximum absolute atomic E-state index is 13.3. The molecule has 8 nitrogen and oxygen atoms in total. The van der Waals surface area contributed by atoms with E-state index in [9.17, 15) is 9.90 Å². The number of hydrogen-bond donors (Lipinski definition) is 2. The molecule has 2 aliphatic rings. The number of aromatic nitrogens is 2. The standard InChI is InChI=1S/C22H32N4O4/c1-15(26(16-5-6-16)22(28)20-13-23-7-10-30-20)18-14-25(8-3-4-9-29-2)19-11-17(27)12-24-21(18)19/h11-12,14-16,20,23,27H,3-10,13H2,1-2H3/t15-,20-/m1/s1. The van der Waals surface area contributed by atoms with Crippen LogP contribution in [0.15, 0.2) is 18.5 Å². The third-order valence-corrected chi connectivity index (χ3v) is 5.99. The molecule has 2 fully saturated rings. The summed E-state index contributed by atoms with van der Waals surface area (Å²) in [5, 5.41) is 13.2. The van der Waals surface area contributed by atoms with Crippen molar-refractivity contribution in [2.24, 2.45) is 0 Å². The van der Waals surface area contributed by atoms with Gasteiger partial charge in [0.25, 0.3) is 5.91 Å². The van der Waals surface area contributed by atoms with Gasteiger partial charge in [0.2, 0.25) is 0 Å². The lowest BCUT2D eigenvalue weighted by Crippen LogP contribution is -2.50. The number of nitrogens with zero attached hydrogens (tertiary/aromatic N) is 3. The van der Waals surface area contributed by atoms with Crippen LogP contribution in [0.4, 0.5) is 0 Å². The molecule has 1 saturated heterocycles. The predicted molar refractivity (Wildman–Crippen MR) is 113 cm³/mol. The number of methoxy groups -OCH3 is 1. The van der Waals surface area contributed by atoms with Crippen LogP contribution >= 0.6 is 0 Å². The average molecular weight is 417 g/mol. The normalized spacial score (nSPS) is 20.4. The zero-order valence-corrected chi connectivity index (χ0v) is 17.8. The Morgan fingerprint density at radius 1 is 1.47 bits per heavy atom. The van der Waals surface area contributed by atoms with Gasteiger partial charge in [0.1, 0.15) is 11.9 Å². The van der Waals surface area contributed by atoms with E-state index in [0.717, 1.165) is 62.0 Å². The number of aryl methyl sites for hydroxylation is 1. The second kappa shape index (κ2) is 9.32. The Morgan fingerprint density at radius 2 is 2.30 bits per heavy atom. The van der Waals surface area contributed by atoms with Crippen molar-refractivity contribution >= 4 is 16.9 Å². The summed E-state index contributed by atoms with van der Waals surface area (Å²) in [5.41, 5.74) is 2.75. The average Bonchev–Trinajstić information content (AvgIpc) is 3.53. The summed E-state index contributed by atoms with van der Waals surface area (Å²) in [6.45, 7) is 5.51. The molecular weight excluding hydrogens is 384 g/mol. The highest BCUT2D eigenvalue weighted by Crippen LogP contribution is 2.38. The number of aromatic hydroxyl groups is 1. The molecule has 164 valence electrons. The molecule has 2 atom stereocenters. The van der Waals surface area contributed by atoms with E-state index in [1.807, 2.05) is 4.90 Å². The van der Waals surface area contributed by atoms with Gasteiger partial charge in [0.05, 0.1) is 29.9 Å². The van der Waals surface area contributed by atoms with Gasteiger partial charge in [0, 0.05) is 57.2 Å². The molecule has 0 bridgehead atoms. The van der Waals surface area contributed by atoms with E-state index in [-0.39, 0.29) is 23.7 Å². The summed E-state index contributed by atoms with van der Waals surface area (Å²) in [6, 6.07) is 1.90. The minimum absolute atomic E-state index is 0.0528. The maximum Gasteiger partial charge on any atom is 0.253 e. The molecule has 4 rings (SSSR count). The minimum Gasteiger partial charge on any atom is -0.506 e. The minimum atomic E-state index is -0.429. The molecule has 1 amide bonds. The number of carbonyl (C=O) groups is 1. The van der Waals surface area contributed by atoms with Gasteiger partial charge in [-0.2, -0.15) is 0 Å². The highest BCUT2D eigenvalue weighted by Gasteiger charge is 2.40. The van der Waals surface area contributed by atoms with Crippen LogP contribution in [-0.4, -0.2) is 71.0 Å². The van der Waals surface area contributed by atoms with Crippen LogP contribution in [0.25, 0.3) is 11.0 Å². The molecule has 2 aromatic heterocycles. The lowest BCUT2D eigenvalue weighted by atomic mass is 10.1. The second-order valence-electron chi connectivity index (χ2n) is 8.26. The molecule has 1 aliphatic heterocycles. The van der Waals surface area contributed by atoms with Crippen molar-refractivity contribution < 1.29 is 19.4 Å². The van der Waals surface area contributed by atoms with Crippen LogP contribution in [0.2, 0.25) is 0 Å².